The van der Waals surface area contributed by atoms with Gasteiger partial charge in [0.15, 0.2) is 12.2 Å². The van der Waals surface area contributed by atoms with Crippen LogP contribution in [0, 0.1) is 23.7 Å². The average Bonchev–Trinajstić information content (AvgIpc) is 3.96. The summed E-state index contributed by atoms with van der Waals surface area (Å²) < 4.78 is 31.1. The quantitative estimate of drug-likeness (QED) is 0.159. The van der Waals surface area contributed by atoms with E-state index in [1.165, 1.54) is 19.0 Å². The third-order valence-electron chi connectivity index (χ3n) is 12.2. The second-order valence-corrected chi connectivity index (χ2v) is 19.0. The van der Waals surface area contributed by atoms with Gasteiger partial charge in [0, 0.05) is 20.6 Å². The Labute approximate surface area is 409 Å². The fraction of sp³-hybridized carbons (Fsp3) is 0.565. The Kier molecular flexibility index (Phi) is 21.4. The molecule has 6 fully saturated rings. The van der Waals surface area contributed by atoms with Gasteiger partial charge in [0.1, 0.15) is 26.3 Å². The van der Waals surface area contributed by atoms with E-state index in [1.807, 2.05) is 81.4 Å². The second-order valence-electron chi connectivity index (χ2n) is 17.9. The molecule has 0 bridgehead atoms. The Balaban J connectivity index is 0.000000281. The average molecular weight is 1000 g/mol. The van der Waals surface area contributed by atoms with E-state index >= 15 is 0 Å². The zero-order chi connectivity index (χ0) is 49.2. The van der Waals surface area contributed by atoms with E-state index in [2.05, 4.69) is 22.9 Å². The SMILES string of the molecule is C.C.CN(CC(=O)O)C(=O)OCc1ccccc1.C[C@@H]1CN(C(=O)CN(C)C(=O)OCc2ccccc2)[C@H]2[C@H]3C(=O)NC(=O)[C@H]3O[C@@]2(C)C1.C[C@@H]1CN[C@H]2[C@H]3C(=O)NC(=O)[C@H]3O[C@@]2(C)C1.O=BPCl. The molecular formula is C46H65BClN6O14P. The van der Waals surface area contributed by atoms with Crippen LogP contribution in [0.25, 0.3) is 0 Å². The van der Waals surface area contributed by atoms with Crippen molar-refractivity contribution < 1.29 is 67.1 Å². The number of carboxylic acid groups (broad SMARTS) is 1. The van der Waals surface area contributed by atoms with Crippen molar-refractivity contribution in [3.05, 3.63) is 71.8 Å². The van der Waals surface area contributed by atoms with Crippen LogP contribution < -0.4 is 16.0 Å². The number of hydrogen-bond acceptors (Lipinski definition) is 14. The Morgan fingerprint density at radius 2 is 1.22 bits per heavy atom. The summed E-state index contributed by atoms with van der Waals surface area (Å²) >= 11 is 4.85. The number of likely N-dealkylation sites (tertiary alicyclic amines) is 1. The van der Waals surface area contributed by atoms with Crippen LogP contribution in [-0.4, -0.2) is 150 Å². The van der Waals surface area contributed by atoms with Crippen LogP contribution in [0.4, 0.5) is 9.59 Å². The first-order valence-electron chi connectivity index (χ1n) is 21.6. The van der Waals surface area contributed by atoms with E-state index in [0.717, 1.165) is 29.0 Å². The number of carbonyl (C=O) groups is 8. The molecule has 0 spiro atoms. The number of hydrogen-bond donors (Lipinski definition) is 4. The van der Waals surface area contributed by atoms with Crippen molar-refractivity contribution >= 4 is 73.6 Å². The fourth-order valence-corrected chi connectivity index (χ4v) is 9.57. The maximum atomic E-state index is 13.2. The number of carboxylic acids is 1. The van der Waals surface area contributed by atoms with E-state index in [9.17, 15) is 38.4 Å². The normalized spacial score (nSPS) is 28.8. The molecule has 6 saturated heterocycles. The van der Waals surface area contributed by atoms with Crippen molar-refractivity contribution in [2.24, 2.45) is 23.7 Å². The Bertz CT molecular complexity index is 2170. The predicted octanol–water partition coefficient (Wildman–Crippen LogP) is 3.73. The summed E-state index contributed by atoms with van der Waals surface area (Å²) in [6.07, 6.45) is -1.18. The molecule has 69 heavy (non-hydrogen) atoms. The molecule has 378 valence electrons. The Morgan fingerprint density at radius 1 is 0.768 bits per heavy atom. The van der Waals surface area contributed by atoms with Gasteiger partial charge >= 0.3 is 48.8 Å². The minimum atomic E-state index is -1.07. The van der Waals surface area contributed by atoms with Crippen molar-refractivity contribution in [1.82, 2.24) is 30.7 Å². The van der Waals surface area contributed by atoms with Gasteiger partial charge in [-0.15, -0.1) is 0 Å². The van der Waals surface area contributed by atoms with E-state index < -0.39 is 59.7 Å². The van der Waals surface area contributed by atoms with E-state index in [4.69, 9.17) is 40.0 Å². The molecule has 6 heterocycles. The molecule has 0 saturated carbocycles. The number of amides is 7. The van der Waals surface area contributed by atoms with Crippen LogP contribution in [0.3, 0.4) is 0 Å². The zero-order valence-corrected chi connectivity index (χ0v) is 39.9. The molecule has 6 aliphatic heterocycles. The summed E-state index contributed by atoms with van der Waals surface area (Å²) in [6.45, 7) is 9.67. The van der Waals surface area contributed by atoms with Gasteiger partial charge in [0.2, 0.25) is 17.7 Å². The standard InChI is InChI=1S/C22H27N3O6.C11H16N2O3.C11H13NO4.2CH4.BClHOP/c1-13-9-22(2)18(16-17(31-22)20(28)23-19(16)27)25(10-13)15(26)11-24(3)21(29)30-12-14-7-5-4-6-8-14;1-5-3-11(2)8(12-4-5)6-7(16-11)10(15)13-9(6)14;1-12(7-10(13)14)11(15)16-8-9-5-3-2-4-6-9;;;2-4-1-3/h4-8,13,16-18H,9-12H2,1-3H3,(H,23,27,28);5-8,12H,3-4H2,1-2H3,(H,13,14,15);2-6H,7-8H2,1H3,(H,13,14);2*1H4;4H/t13-,16-,17-,18-,22-;5-,6-,7-,8-,11-;;;;/m00..../s1. The molecule has 1 unspecified atom stereocenters. The molecule has 11 atom stereocenters. The molecule has 0 aromatic heterocycles. The Morgan fingerprint density at radius 3 is 1.71 bits per heavy atom. The minimum absolute atomic E-state index is 0. The van der Waals surface area contributed by atoms with Gasteiger partial charge in [0.25, 0.3) is 11.8 Å². The molecule has 2 aromatic rings. The summed E-state index contributed by atoms with van der Waals surface area (Å²) in [5.74, 6) is -3.15. The number of nitrogens with one attached hydrogen (secondary N) is 3. The number of fused-ring (bicyclic) bond motifs is 6. The van der Waals surface area contributed by atoms with Crippen molar-refractivity contribution in [2.45, 2.75) is 104 Å². The zero-order valence-electron chi connectivity index (χ0n) is 38.1. The molecule has 20 nitrogen and oxygen atoms in total. The number of aliphatic carboxylic acids is 1. The van der Waals surface area contributed by atoms with Gasteiger partial charge in [-0.2, -0.15) is 0 Å². The Hall–Kier alpha value is -5.34. The maximum absolute atomic E-state index is 13.2. The molecule has 2 aromatic carbocycles. The topological polar surface area (TPSA) is 257 Å². The number of likely N-dealkylation sites (N-methyl/N-ethyl adjacent to an activating group) is 2. The summed E-state index contributed by atoms with van der Waals surface area (Å²) in [5, 5.41) is 16.5. The van der Waals surface area contributed by atoms with Gasteiger partial charge in [-0.1, -0.05) is 89.4 Å². The first-order chi connectivity index (χ1) is 31.7. The number of carbonyl (C=O) groups excluding carboxylic acids is 7. The van der Waals surface area contributed by atoms with Crippen molar-refractivity contribution in [3.63, 3.8) is 0 Å². The van der Waals surface area contributed by atoms with Crippen molar-refractivity contribution in [1.29, 1.82) is 0 Å². The summed E-state index contributed by atoms with van der Waals surface area (Å²) in [4.78, 5) is 98.8. The number of halogens is 1. The number of rotatable bonds is 9. The van der Waals surface area contributed by atoms with Crippen LogP contribution in [0.2, 0.25) is 0 Å². The molecule has 23 heteroatoms. The number of imide groups is 2. The molecule has 7 amide bonds. The molecule has 0 aliphatic carbocycles. The van der Waals surface area contributed by atoms with Gasteiger partial charge < -0.3 is 44.1 Å². The first kappa shape index (κ1) is 58.0. The van der Waals surface area contributed by atoms with E-state index in [1.54, 1.807) is 4.90 Å². The van der Waals surface area contributed by atoms with Crippen LogP contribution in [0.15, 0.2) is 60.7 Å². The van der Waals surface area contributed by atoms with Gasteiger partial charge in [-0.3, -0.25) is 39.4 Å². The fourth-order valence-electron chi connectivity index (χ4n) is 9.57. The van der Waals surface area contributed by atoms with E-state index in [0.29, 0.717) is 25.8 Å². The summed E-state index contributed by atoms with van der Waals surface area (Å²) in [5.41, 5.74) is 0.546. The molecule has 4 N–H and O–H groups in total. The third-order valence-corrected chi connectivity index (χ3v) is 12.6. The number of benzene rings is 2. The van der Waals surface area contributed by atoms with E-state index in [-0.39, 0.29) is 90.2 Å². The molecule has 8 rings (SSSR count). The first-order valence-corrected chi connectivity index (χ1v) is 23.7. The van der Waals surface area contributed by atoms with Gasteiger partial charge in [0.05, 0.1) is 35.1 Å². The number of ether oxygens (including phenoxy) is 4. The van der Waals surface area contributed by atoms with Crippen LogP contribution in [0.1, 0.15) is 66.5 Å². The number of piperidine rings is 2. The summed E-state index contributed by atoms with van der Waals surface area (Å²) in [7, 11) is 2.81. The molecular weight excluding hydrogens is 938 g/mol. The summed E-state index contributed by atoms with van der Waals surface area (Å²) in [6, 6.07) is 17.9. The molecule has 6 aliphatic rings. The third kappa shape index (κ3) is 14.4. The monoisotopic (exact) mass is 1000 g/mol. The van der Waals surface area contributed by atoms with Crippen molar-refractivity contribution in [3.8, 4) is 0 Å². The predicted molar refractivity (Wildman–Crippen MR) is 255 cm³/mol. The van der Waals surface area contributed by atoms with Crippen LogP contribution >= 0.6 is 19.1 Å². The van der Waals surface area contributed by atoms with Crippen LogP contribution in [0.5, 0.6) is 0 Å². The molecule has 0 radical (unpaired) electrons. The van der Waals surface area contributed by atoms with Gasteiger partial charge in [-0.05, 0) is 56.2 Å². The van der Waals surface area contributed by atoms with Gasteiger partial charge in [-0.25, -0.2) is 9.59 Å². The second kappa shape index (κ2) is 25.5. The number of nitrogens with zero attached hydrogens (tertiary/aromatic N) is 3. The van der Waals surface area contributed by atoms with Crippen molar-refractivity contribution in [2.75, 3.05) is 40.3 Å². The van der Waals surface area contributed by atoms with Crippen LogP contribution in [-0.2, 0) is 65.6 Å².